The molecule has 2 aromatic rings. The van der Waals surface area contributed by atoms with E-state index in [-0.39, 0.29) is 0 Å². The standard InChI is InChI=1S/C15H19N3O/c1-12(2)6-9-18(3)11-14-10-15(17-19-14)13-4-7-16-8-5-13/h4-8,10H,9,11H2,1-3H3. The van der Waals surface area contributed by atoms with Crippen LogP contribution in [0.3, 0.4) is 0 Å². The SMILES string of the molecule is CC(C)=CCN(C)Cc1cc(-c2ccncc2)no1. The highest BCUT2D eigenvalue weighted by Gasteiger charge is 2.08. The molecule has 0 amide bonds. The van der Waals surface area contributed by atoms with E-state index >= 15 is 0 Å². The molecular weight excluding hydrogens is 238 g/mol. The normalized spacial score (nSPS) is 10.7. The van der Waals surface area contributed by atoms with Crippen LogP contribution in [0, 0.1) is 0 Å². The van der Waals surface area contributed by atoms with Gasteiger partial charge < -0.3 is 4.52 Å². The molecule has 0 saturated carbocycles. The number of nitrogens with zero attached hydrogens (tertiary/aromatic N) is 3. The first-order chi connectivity index (χ1) is 9.15. The van der Waals surface area contributed by atoms with Crippen LogP contribution in [0.25, 0.3) is 11.3 Å². The lowest BCUT2D eigenvalue weighted by molar-refractivity contribution is 0.292. The number of likely N-dealkylation sites (N-methyl/N-ethyl adjacent to an activating group) is 1. The summed E-state index contributed by atoms with van der Waals surface area (Å²) in [6, 6.07) is 5.83. The summed E-state index contributed by atoms with van der Waals surface area (Å²) in [6.07, 6.45) is 5.70. The van der Waals surface area contributed by atoms with Gasteiger partial charge in [0, 0.05) is 30.6 Å². The monoisotopic (exact) mass is 257 g/mol. The molecule has 0 saturated heterocycles. The molecule has 2 rings (SSSR count). The molecular formula is C15H19N3O. The van der Waals surface area contributed by atoms with Gasteiger partial charge in [0.15, 0.2) is 5.76 Å². The first kappa shape index (κ1) is 13.5. The van der Waals surface area contributed by atoms with E-state index in [1.807, 2.05) is 18.2 Å². The van der Waals surface area contributed by atoms with Crippen molar-refractivity contribution < 1.29 is 4.52 Å². The predicted octanol–water partition coefficient (Wildman–Crippen LogP) is 3.13. The van der Waals surface area contributed by atoms with E-state index in [2.05, 4.69) is 42.0 Å². The molecule has 0 aliphatic carbocycles. The lowest BCUT2D eigenvalue weighted by Crippen LogP contribution is -2.17. The third-order valence-electron chi connectivity index (χ3n) is 2.77. The number of aromatic nitrogens is 2. The van der Waals surface area contributed by atoms with Gasteiger partial charge in [0.1, 0.15) is 5.69 Å². The number of hydrogen-bond acceptors (Lipinski definition) is 4. The molecule has 4 heteroatoms. The van der Waals surface area contributed by atoms with Gasteiger partial charge in [0.25, 0.3) is 0 Å². The Morgan fingerprint density at radius 3 is 2.74 bits per heavy atom. The van der Waals surface area contributed by atoms with Crippen LogP contribution in [0.5, 0.6) is 0 Å². The van der Waals surface area contributed by atoms with E-state index in [1.165, 1.54) is 5.57 Å². The zero-order valence-electron chi connectivity index (χ0n) is 11.6. The maximum Gasteiger partial charge on any atom is 0.151 e. The molecule has 4 nitrogen and oxygen atoms in total. The summed E-state index contributed by atoms with van der Waals surface area (Å²) in [5.74, 6) is 0.872. The zero-order valence-corrected chi connectivity index (χ0v) is 11.6. The second-order valence-corrected chi connectivity index (χ2v) is 4.89. The van der Waals surface area contributed by atoms with Gasteiger partial charge in [0.2, 0.25) is 0 Å². The highest BCUT2D eigenvalue weighted by atomic mass is 16.5. The van der Waals surface area contributed by atoms with Crippen molar-refractivity contribution in [3.8, 4) is 11.3 Å². The number of hydrogen-bond donors (Lipinski definition) is 0. The Balaban J connectivity index is 2.00. The molecule has 0 bridgehead atoms. The van der Waals surface area contributed by atoms with Crippen LogP contribution in [0.15, 0.2) is 46.8 Å². The van der Waals surface area contributed by atoms with Gasteiger partial charge in [-0.05, 0) is 33.0 Å². The van der Waals surface area contributed by atoms with Gasteiger partial charge >= 0.3 is 0 Å². The fraction of sp³-hybridized carbons (Fsp3) is 0.333. The van der Waals surface area contributed by atoms with Crippen molar-refractivity contribution in [2.45, 2.75) is 20.4 Å². The van der Waals surface area contributed by atoms with Gasteiger partial charge in [-0.15, -0.1) is 0 Å². The van der Waals surface area contributed by atoms with E-state index in [0.717, 1.165) is 30.1 Å². The minimum absolute atomic E-state index is 0.752. The maximum absolute atomic E-state index is 5.36. The number of pyridine rings is 1. The van der Waals surface area contributed by atoms with Crippen molar-refractivity contribution in [2.75, 3.05) is 13.6 Å². The Morgan fingerprint density at radius 1 is 1.32 bits per heavy atom. The highest BCUT2D eigenvalue weighted by molar-refractivity contribution is 5.57. The van der Waals surface area contributed by atoms with Gasteiger partial charge in [-0.3, -0.25) is 9.88 Å². The fourth-order valence-corrected chi connectivity index (χ4v) is 1.72. The van der Waals surface area contributed by atoms with E-state index < -0.39 is 0 Å². The molecule has 0 radical (unpaired) electrons. The van der Waals surface area contributed by atoms with Crippen molar-refractivity contribution >= 4 is 0 Å². The van der Waals surface area contributed by atoms with Crippen LogP contribution in [0.1, 0.15) is 19.6 Å². The summed E-state index contributed by atoms with van der Waals surface area (Å²) in [4.78, 5) is 6.18. The van der Waals surface area contributed by atoms with Crippen LogP contribution >= 0.6 is 0 Å². The molecule has 0 fully saturated rings. The summed E-state index contributed by atoms with van der Waals surface area (Å²) in [7, 11) is 2.06. The third kappa shape index (κ3) is 4.03. The third-order valence-corrected chi connectivity index (χ3v) is 2.77. The van der Waals surface area contributed by atoms with Crippen molar-refractivity contribution in [3.63, 3.8) is 0 Å². The molecule has 0 atom stereocenters. The molecule has 0 N–H and O–H groups in total. The Morgan fingerprint density at radius 2 is 2.05 bits per heavy atom. The van der Waals surface area contributed by atoms with Crippen LogP contribution in [-0.2, 0) is 6.54 Å². The van der Waals surface area contributed by atoms with Crippen LogP contribution in [0.4, 0.5) is 0 Å². The van der Waals surface area contributed by atoms with Crippen molar-refractivity contribution in [2.24, 2.45) is 0 Å². The first-order valence-corrected chi connectivity index (χ1v) is 6.33. The van der Waals surface area contributed by atoms with E-state index in [9.17, 15) is 0 Å². The molecule has 0 aliphatic heterocycles. The summed E-state index contributed by atoms with van der Waals surface area (Å²) in [6.45, 7) is 5.86. The van der Waals surface area contributed by atoms with Gasteiger partial charge in [-0.25, -0.2) is 0 Å². The minimum atomic E-state index is 0.752. The topological polar surface area (TPSA) is 42.2 Å². The van der Waals surface area contributed by atoms with Crippen LogP contribution in [-0.4, -0.2) is 28.6 Å². The summed E-state index contributed by atoms with van der Waals surface area (Å²) >= 11 is 0. The van der Waals surface area contributed by atoms with Gasteiger partial charge in [-0.2, -0.15) is 0 Å². The largest absolute Gasteiger partial charge is 0.359 e. The zero-order chi connectivity index (χ0) is 13.7. The molecule has 19 heavy (non-hydrogen) atoms. The van der Waals surface area contributed by atoms with Crippen LogP contribution < -0.4 is 0 Å². The summed E-state index contributed by atoms with van der Waals surface area (Å²) in [5, 5.41) is 4.09. The van der Waals surface area contributed by atoms with Gasteiger partial charge in [0.05, 0.1) is 6.54 Å². The van der Waals surface area contributed by atoms with Crippen molar-refractivity contribution in [3.05, 3.63) is 48.0 Å². The fourth-order valence-electron chi connectivity index (χ4n) is 1.72. The second-order valence-electron chi connectivity index (χ2n) is 4.89. The Labute approximate surface area is 113 Å². The van der Waals surface area contributed by atoms with Crippen molar-refractivity contribution in [1.29, 1.82) is 0 Å². The van der Waals surface area contributed by atoms with E-state index in [1.54, 1.807) is 12.4 Å². The quantitative estimate of drug-likeness (QED) is 0.772. The average Bonchev–Trinajstić information content (AvgIpc) is 2.86. The first-order valence-electron chi connectivity index (χ1n) is 6.33. The average molecular weight is 257 g/mol. The minimum Gasteiger partial charge on any atom is -0.359 e. The molecule has 2 heterocycles. The molecule has 0 aromatic carbocycles. The van der Waals surface area contributed by atoms with Crippen LogP contribution in [0.2, 0.25) is 0 Å². The Bertz CT molecular complexity index is 542. The smallest absolute Gasteiger partial charge is 0.151 e. The summed E-state index contributed by atoms with van der Waals surface area (Å²) in [5.41, 5.74) is 3.20. The number of allylic oxidation sites excluding steroid dienone is 1. The molecule has 100 valence electrons. The lowest BCUT2D eigenvalue weighted by atomic mass is 10.2. The Hall–Kier alpha value is -1.94. The highest BCUT2D eigenvalue weighted by Crippen LogP contribution is 2.18. The predicted molar refractivity (Wildman–Crippen MR) is 75.5 cm³/mol. The maximum atomic E-state index is 5.36. The number of rotatable bonds is 5. The Kier molecular flexibility index (Phi) is 4.47. The second kappa shape index (κ2) is 6.29. The summed E-state index contributed by atoms with van der Waals surface area (Å²) < 4.78 is 5.36. The lowest BCUT2D eigenvalue weighted by Gasteiger charge is -2.11. The van der Waals surface area contributed by atoms with Gasteiger partial charge in [-0.1, -0.05) is 16.8 Å². The van der Waals surface area contributed by atoms with E-state index in [4.69, 9.17) is 4.52 Å². The molecule has 0 unspecified atom stereocenters. The molecule has 0 spiro atoms. The van der Waals surface area contributed by atoms with E-state index in [0.29, 0.717) is 0 Å². The molecule has 2 aromatic heterocycles. The van der Waals surface area contributed by atoms with Crippen molar-refractivity contribution in [1.82, 2.24) is 15.0 Å². The molecule has 0 aliphatic rings.